The third-order valence-corrected chi connectivity index (χ3v) is 2.96. The molecule has 0 aromatic heterocycles. The number of rotatable bonds is 8. The van der Waals surface area contributed by atoms with Crippen molar-refractivity contribution in [1.82, 2.24) is 5.32 Å². The maximum Gasteiger partial charge on any atom is 0.224 e. The van der Waals surface area contributed by atoms with Crippen molar-refractivity contribution in [3.63, 3.8) is 0 Å². The molecular weight excluding hydrogens is 200 g/mol. The molecule has 0 rings (SSSR count). The Morgan fingerprint density at radius 2 is 1.88 bits per heavy atom. The fourth-order valence-electron chi connectivity index (χ4n) is 1.72. The van der Waals surface area contributed by atoms with Crippen molar-refractivity contribution in [3.8, 4) is 0 Å². The Labute approximate surface area is 100 Å². The molecule has 1 amide bonds. The third-order valence-electron chi connectivity index (χ3n) is 2.96. The van der Waals surface area contributed by atoms with E-state index in [2.05, 4.69) is 26.1 Å². The first-order chi connectivity index (χ1) is 7.51. The molecule has 0 bridgehead atoms. The quantitative estimate of drug-likeness (QED) is 0.670. The second kappa shape index (κ2) is 8.57. The van der Waals surface area contributed by atoms with Crippen LogP contribution in [0.15, 0.2) is 0 Å². The van der Waals surface area contributed by atoms with Crippen LogP contribution < -0.4 is 11.1 Å². The van der Waals surface area contributed by atoms with Crippen LogP contribution in [0.4, 0.5) is 0 Å². The average molecular weight is 228 g/mol. The zero-order valence-electron chi connectivity index (χ0n) is 11.3. The van der Waals surface area contributed by atoms with Gasteiger partial charge in [0.1, 0.15) is 0 Å². The van der Waals surface area contributed by atoms with Crippen molar-refractivity contribution in [2.75, 3.05) is 6.54 Å². The van der Waals surface area contributed by atoms with Crippen molar-refractivity contribution in [1.29, 1.82) is 0 Å². The van der Waals surface area contributed by atoms with Crippen LogP contribution >= 0.6 is 0 Å². The van der Waals surface area contributed by atoms with Crippen LogP contribution in [-0.2, 0) is 4.79 Å². The predicted molar refractivity (Wildman–Crippen MR) is 69.1 cm³/mol. The largest absolute Gasteiger partial charge is 0.353 e. The molecule has 0 aromatic carbocycles. The first-order valence-electron chi connectivity index (χ1n) is 6.51. The highest BCUT2D eigenvalue weighted by Gasteiger charge is 2.16. The molecule has 0 aliphatic carbocycles. The zero-order valence-corrected chi connectivity index (χ0v) is 11.3. The molecule has 96 valence electrons. The molecule has 0 saturated carbocycles. The van der Waals surface area contributed by atoms with Gasteiger partial charge in [-0.2, -0.15) is 0 Å². The van der Waals surface area contributed by atoms with Gasteiger partial charge in [-0.15, -0.1) is 0 Å². The van der Waals surface area contributed by atoms with Gasteiger partial charge in [0.2, 0.25) is 5.91 Å². The van der Waals surface area contributed by atoms with Gasteiger partial charge in [0.15, 0.2) is 0 Å². The van der Waals surface area contributed by atoms with E-state index in [0.29, 0.717) is 6.54 Å². The molecule has 0 radical (unpaired) electrons. The molecular formula is C13H28N2O. The van der Waals surface area contributed by atoms with Crippen LogP contribution in [0.1, 0.15) is 53.4 Å². The molecule has 0 saturated heterocycles. The Bertz CT molecular complexity index is 188. The Balaban J connectivity index is 3.77. The predicted octanol–water partition coefficient (Wildman–Crippen LogP) is 2.30. The van der Waals surface area contributed by atoms with Crippen molar-refractivity contribution >= 4 is 5.91 Å². The van der Waals surface area contributed by atoms with Gasteiger partial charge in [-0.05, 0) is 25.7 Å². The lowest BCUT2D eigenvalue weighted by molar-refractivity contribution is -0.125. The average Bonchev–Trinajstić information content (AvgIpc) is 2.18. The first-order valence-corrected chi connectivity index (χ1v) is 6.51. The smallest absolute Gasteiger partial charge is 0.224 e. The van der Waals surface area contributed by atoms with Gasteiger partial charge in [0.05, 0.1) is 0 Å². The van der Waals surface area contributed by atoms with Gasteiger partial charge in [0.25, 0.3) is 0 Å². The minimum atomic E-state index is -0.0208. The monoisotopic (exact) mass is 228 g/mol. The molecule has 2 unspecified atom stereocenters. The number of carbonyl (C=O) groups excluding carboxylic acids is 1. The summed E-state index contributed by atoms with van der Waals surface area (Å²) in [6.45, 7) is 8.97. The molecule has 3 heteroatoms. The molecule has 0 fully saturated rings. The van der Waals surface area contributed by atoms with E-state index in [1.165, 1.54) is 12.8 Å². The van der Waals surface area contributed by atoms with Crippen LogP contribution in [0.2, 0.25) is 0 Å². The fourth-order valence-corrected chi connectivity index (χ4v) is 1.72. The van der Waals surface area contributed by atoms with E-state index in [1.807, 2.05) is 6.92 Å². The Hall–Kier alpha value is -0.570. The van der Waals surface area contributed by atoms with Gasteiger partial charge in [-0.25, -0.2) is 0 Å². The topological polar surface area (TPSA) is 55.1 Å². The van der Waals surface area contributed by atoms with E-state index in [0.717, 1.165) is 18.8 Å². The molecule has 0 aliphatic rings. The number of nitrogens with one attached hydrogen (secondary N) is 1. The van der Waals surface area contributed by atoms with Gasteiger partial charge >= 0.3 is 0 Å². The third kappa shape index (κ3) is 6.83. The summed E-state index contributed by atoms with van der Waals surface area (Å²) in [5.74, 6) is 0.838. The molecule has 2 atom stereocenters. The summed E-state index contributed by atoms with van der Waals surface area (Å²) in [6, 6.07) is 0.270. The van der Waals surface area contributed by atoms with E-state index in [9.17, 15) is 4.79 Å². The molecule has 0 aromatic rings. The van der Waals surface area contributed by atoms with Crippen LogP contribution in [-0.4, -0.2) is 18.5 Å². The molecule has 0 aliphatic heterocycles. The lowest BCUT2D eigenvalue weighted by Crippen LogP contribution is -2.39. The summed E-state index contributed by atoms with van der Waals surface area (Å²) in [4.78, 5) is 11.7. The number of carbonyl (C=O) groups is 1. The Morgan fingerprint density at radius 3 is 2.31 bits per heavy atom. The Morgan fingerprint density at radius 1 is 1.25 bits per heavy atom. The summed E-state index contributed by atoms with van der Waals surface area (Å²) in [6.07, 6.45) is 4.29. The van der Waals surface area contributed by atoms with Crippen LogP contribution in [0.5, 0.6) is 0 Å². The van der Waals surface area contributed by atoms with Gasteiger partial charge in [0, 0.05) is 18.5 Å². The summed E-state index contributed by atoms with van der Waals surface area (Å²) in [7, 11) is 0. The lowest BCUT2D eigenvalue weighted by atomic mass is 10.0. The van der Waals surface area contributed by atoms with E-state index in [-0.39, 0.29) is 17.9 Å². The molecule has 3 nitrogen and oxygen atoms in total. The highest BCUT2D eigenvalue weighted by molar-refractivity contribution is 5.79. The highest BCUT2D eigenvalue weighted by atomic mass is 16.1. The standard InChI is InChI=1S/C13H28N2O/c1-5-12(9-14)13(16)15-11(4)8-6-7-10(2)3/h10-12H,5-9,14H2,1-4H3,(H,15,16). The second-order valence-electron chi connectivity index (χ2n) is 5.08. The summed E-state index contributed by atoms with van der Waals surface area (Å²) < 4.78 is 0. The van der Waals surface area contributed by atoms with Crippen LogP contribution in [0, 0.1) is 11.8 Å². The number of hydrogen-bond acceptors (Lipinski definition) is 2. The maximum atomic E-state index is 11.7. The normalized spacial score (nSPS) is 14.9. The summed E-state index contributed by atoms with van der Waals surface area (Å²) >= 11 is 0. The van der Waals surface area contributed by atoms with Crippen molar-refractivity contribution in [2.24, 2.45) is 17.6 Å². The van der Waals surface area contributed by atoms with Crippen molar-refractivity contribution in [3.05, 3.63) is 0 Å². The van der Waals surface area contributed by atoms with Gasteiger partial charge in [-0.1, -0.05) is 33.6 Å². The highest BCUT2D eigenvalue weighted by Crippen LogP contribution is 2.09. The fraction of sp³-hybridized carbons (Fsp3) is 0.923. The second-order valence-corrected chi connectivity index (χ2v) is 5.08. The van der Waals surface area contributed by atoms with Crippen LogP contribution in [0.3, 0.4) is 0 Å². The summed E-state index contributed by atoms with van der Waals surface area (Å²) in [5, 5.41) is 3.04. The summed E-state index contributed by atoms with van der Waals surface area (Å²) in [5.41, 5.74) is 5.54. The maximum absolute atomic E-state index is 11.7. The number of hydrogen-bond donors (Lipinski definition) is 2. The molecule has 3 N–H and O–H groups in total. The van der Waals surface area contributed by atoms with E-state index < -0.39 is 0 Å². The molecule has 0 heterocycles. The van der Waals surface area contributed by atoms with E-state index in [4.69, 9.17) is 5.73 Å². The van der Waals surface area contributed by atoms with Gasteiger partial charge in [-0.3, -0.25) is 4.79 Å². The first kappa shape index (κ1) is 15.4. The van der Waals surface area contributed by atoms with Crippen molar-refractivity contribution < 1.29 is 4.79 Å². The molecule has 0 spiro atoms. The zero-order chi connectivity index (χ0) is 12.6. The van der Waals surface area contributed by atoms with E-state index >= 15 is 0 Å². The number of nitrogens with two attached hydrogens (primary N) is 1. The van der Waals surface area contributed by atoms with Gasteiger partial charge < -0.3 is 11.1 Å². The minimum absolute atomic E-state index is 0.0208. The van der Waals surface area contributed by atoms with Crippen molar-refractivity contribution in [2.45, 2.75) is 59.4 Å². The molecule has 16 heavy (non-hydrogen) atoms. The van der Waals surface area contributed by atoms with E-state index in [1.54, 1.807) is 0 Å². The lowest BCUT2D eigenvalue weighted by Gasteiger charge is -2.18. The minimum Gasteiger partial charge on any atom is -0.353 e. The SMILES string of the molecule is CCC(CN)C(=O)NC(C)CCCC(C)C. The number of amides is 1. The Kier molecular flexibility index (Phi) is 8.26. The van der Waals surface area contributed by atoms with Crippen LogP contribution in [0.25, 0.3) is 0 Å².